The highest BCUT2D eigenvalue weighted by Crippen LogP contribution is 2.20. The summed E-state index contributed by atoms with van der Waals surface area (Å²) in [5.41, 5.74) is 1.27. The molecule has 6 nitrogen and oxygen atoms in total. The van der Waals surface area contributed by atoms with Crippen molar-refractivity contribution in [2.45, 2.75) is 25.0 Å². The largest absolute Gasteiger partial charge is 0.392 e. The van der Waals surface area contributed by atoms with Crippen LogP contribution in [0, 0.1) is 0 Å². The standard InChI is InChI=1S/C17H24N4O2/c1-20-13-18-19-17(20)16-12-21(9-10-23-16)11-15(22)8-7-14-5-3-2-4-6-14/h2-6,13,15-16,22H,7-12H2,1H3/t15-,16-/m1/s1. The lowest BCUT2D eigenvalue weighted by Crippen LogP contribution is -2.43. The summed E-state index contributed by atoms with van der Waals surface area (Å²) >= 11 is 0. The molecule has 2 aromatic rings. The molecule has 6 heteroatoms. The summed E-state index contributed by atoms with van der Waals surface area (Å²) in [5, 5.41) is 18.4. The van der Waals surface area contributed by atoms with E-state index in [4.69, 9.17) is 4.74 Å². The molecule has 1 fully saturated rings. The second-order valence-electron chi connectivity index (χ2n) is 6.10. The van der Waals surface area contributed by atoms with E-state index in [-0.39, 0.29) is 12.2 Å². The number of aliphatic hydroxyl groups excluding tert-OH is 1. The van der Waals surface area contributed by atoms with E-state index in [1.54, 1.807) is 6.33 Å². The van der Waals surface area contributed by atoms with Crippen LogP contribution in [0.25, 0.3) is 0 Å². The van der Waals surface area contributed by atoms with E-state index in [1.165, 1.54) is 5.56 Å². The number of nitrogens with zero attached hydrogens (tertiary/aromatic N) is 4. The fourth-order valence-corrected chi connectivity index (χ4v) is 2.98. The van der Waals surface area contributed by atoms with E-state index >= 15 is 0 Å². The van der Waals surface area contributed by atoms with Crippen LogP contribution >= 0.6 is 0 Å². The quantitative estimate of drug-likeness (QED) is 0.867. The van der Waals surface area contributed by atoms with Gasteiger partial charge in [0.15, 0.2) is 5.82 Å². The fourth-order valence-electron chi connectivity index (χ4n) is 2.98. The van der Waals surface area contributed by atoms with Crippen molar-refractivity contribution in [1.82, 2.24) is 19.7 Å². The van der Waals surface area contributed by atoms with Gasteiger partial charge in [-0.3, -0.25) is 4.90 Å². The average Bonchev–Trinajstić information content (AvgIpc) is 3.00. The Morgan fingerprint density at radius 3 is 2.91 bits per heavy atom. The summed E-state index contributed by atoms with van der Waals surface area (Å²) < 4.78 is 7.69. The normalized spacial score (nSPS) is 20.5. The molecule has 0 saturated carbocycles. The molecule has 0 spiro atoms. The van der Waals surface area contributed by atoms with Gasteiger partial charge in [-0.25, -0.2) is 0 Å². The summed E-state index contributed by atoms with van der Waals surface area (Å²) in [4.78, 5) is 2.25. The molecule has 1 aromatic heterocycles. The summed E-state index contributed by atoms with van der Waals surface area (Å²) in [6.45, 7) is 2.92. The first-order chi connectivity index (χ1) is 11.2. The molecule has 1 aromatic carbocycles. The molecule has 0 amide bonds. The molecule has 1 N–H and O–H groups in total. The Morgan fingerprint density at radius 1 is 1.35 bits per heavy atom. The molecule has 3 rings (SSSR count). The van der Waals surface area contributed by atoms with Crippen LogP contribution < -0.4 is 0 Å². The zero-order valence-corrected chi connectivity index (χ0v) is 13.5. The molecule has 0 aliphatic carbocycles. The van der Waals surface area contributed by atoms with E-state index in [0.29, 0.717) is 13.2 Å². The van der Waals surface area contributed by atoms with Gasteiger partial charge in [-0.15, -0.1) is 10.2 Å². The Hall–Kier alpha value is -1.76. The third kappa shape index (κ3) is 4.37. The van der Waals surface area contributed by atoms with Gasteiger partial charge in [0.2, 0.25) is 0 Å². The van der Waals surface area contributed by atoms with Crippen LogP contribution in [0.15, 0.2) is 36.7 Å². The number of ether oxygens (including phenoxy) is 1. The van der Waals surface area contributed by atoms with Gasteiger partial charge in [0.05, 0.1) is 12.7 Å². The predicted molar refractivity (Wildman–Crippen MR) is 86.9 cm³/mol. The van der Waals surface area contributed by atoms with Crippen LogP contribution in [0.2, 0.25) is 0 Å². The predicted octanol–water partition coefficient (Wildman–Crippen LogP) is 1.18. The molecule has 23 heavy (non-hydrogen) atoms. The molecule has 1 saturated heterocycles. The van der Waals surface area contributed by atoms with Crippen LogP contribution in [0.1, 0.15) is 23.9 Å². The molecular formula is C17H24N4O2. The Bertz CT molecular complexity index is 602. The second kappa shape index (κ2) is 7.68. The van der Waals surface area contributed by atoms with E-state index in [0.717, 1.165) is 31.8 Å². The zero-order chi connectivity index (χ0) is 16.1. The van der Waals surface area contributed by atoms with E-state index in [2.05, 4.69) is 27.2 Å². The number of morpholine rings is 1. The third-order valence-electron chi connectivity index (χ3n) is 4.26. The SMILES string of the molecule is Cn1cnnc1[C@H]1CN(C[C@H](O)CCc2ccccc2)CCO1. The maximum atomic E-state index is 10.3. The lowest BCUT2D eigenvalue weighted by atomic mass is 10.1. The number of rotatable bonds is 6. The Labute approximate surface area is 136 Å². The van der Waals surface area contributed by atoms with Gasteiger partial charge >= 0.3 is 0 Å². The fraction of sp³-hybridized carbons (Fsp3) is 0.529. The Balaban J connectivity index is 1.48. The van der Waals surface area contributed by atoms with Crippen molar-refractivity contribution in [3.63, 3.8) is 0 Å². The van der Waals surface area contributed by atoms with Crippen LogP contribution in [0.4, 0.5) is 0 Å². The summed E-state index contributed by atoms with van der Waals surface area (Å²) in [6.07, 6.45) is 2.97. The van der Waals surface area contributed by atoms with Gasteiger partial charge < -0.3 is 14.4 Å². The van der Waals surface area contributed by atoms with Crippen molar-refractivity contribution >= 4 is 0 Å². The van der Waals surface area contributed by atoms with Gasteiger partial charge in [-0.2, -0.15) is 0 Å². The maximum Gasteiger partial charge on any atom is 0.163 e. The summed E-state index contributed by atoms with van der Waals surface area (Å²) in [7, 11) is 1.92. The smallest absolute Gasteiger partial charge is 0.163 e. The van der Waals surface area contributed by atoms with Crippen molar-refractivity contribution < 1.29 is 9.84 Å². The first-order valence-electron chi connectivity index (χ1n) is 8.12. The summed E-state index contributed by atoms with van der Waals surface area (Å²) in [6, 6.07) is 10.3. The van der Waals surface area contributed by atoms with Crippen molar-refractivity contribution in [2.24, 2.45) is 7.05 Å². The minimum Gasteiger partial charge on any atom is -0.392 e. The molecule has 124 valence electrons. The van der Waals surface area contributed by atoms with Crippen LogP contribution in [-0.2, 0) is 18.2 Å². The van der Waals surface area contributed by atoms with Crippen LogP contribution in [0.5, 0.6) is 0 Å². The van der Waals surface area contributed by atoms with Gasteiger partial charge in [-0.05, 0) is 18.4 Å². The molecule has 2 heterocycles. The molecule has 0 unspecified atom stereocenters. The minimum atomic E-state index is -0.326. The number of aryl methyl sites for hydroxylation is 2. The number of aromatic nitrogens is 3. The van der Waals surface area contributed by atoms with Crippen molar-refractivity contribution in [1.29, 1.82) is 0 Å². The molecule has 0 bridgehead atoms. The number of β-amino-alcohol motifs (C(OH)–C–C–N with tert-alkyl or cyclic N) is 1. The number of benzene rings is 1. The molecule has 2 atom stereocenters. The highest BCUT2D eigenvalue weighted by molar-refractivity contribution is 5.14. The first kappa shape index (κ1) is 16.1. The van der Waals surface area contributed by atoms with Gasteiger partial charge in [0.25, 0.3) is 0 Å². The zero-order valence-electron chi connectivity index (χ0n) is 13.5. The highest BCUT2D eigenvalue weighted by atomic mass is 16.5. The first-order valence-corrected chi connectivity index (χ1v) is 8.12. The maximum absolute atomic E-state index is 10.3. The molecule has 1 aliphatic heterocycles. The highest BCUT2D eigenvalue weighted by Gasteiger charge is 2.26. The monoisotopic (exact) mass is 316 g/mol. The van der Waals surface area contributed by atoms with Gasteiger partial charge in [0, 0.05) is 26.7 Å². The van der Waals surface area contributed by atoms with E-state index < -0.39 is 0 Å². The van der Waals surface area contributed by atoms with Crippen LogP contribution in [0.3, 0.4) is 0 Å². The molecular weight excluding hydrogens is 292 g/mol. The van der Waals surface area contributed by atoms with Crippen molar-refractivity contribution in [3.05, 3.63) is 48.0 Å². The summed E-state index contributed by atoms with van der Waals surface area (Å²) in [5.74, 6) is 0.841. The lowest BCUT2D eigenvalue weighted by Gasteiger charge is -2.33. The van der Waals surface area contributed by atoms with Crippen molar-refractivity contribution in [3.8, 4) is 0 Å². The minimum absolute atomic E-state index is 0.0717. The second-order valence-corrected chi connectivity index (χ2v) is 6.10. The number of hydrogen-bond donors (Lipinski definition) is 1. The van der Waals surface area contributed by atoms with E-state index in [1.807, 2.05) is 29.8 Å². The van der Waals surface area contributed by atoms with Gasteiger partial charge in [0.1, 0.15) is 12.4 Å². The Kier molecular flexibility index (Phi) is 5.38. The molecule has 0 radical (unpaired) electrons. The third-order valence-corrected chi connectivity index (χ3v) is 4.26. The number of aliphatic hydroxyl groups is 1. The lowest BCUT2D eigenvalue weighted by molar-refractivity contribution is -0.0476. The van der Waals surface area contributed by atoms with Gasteiger partial charge in [-0.1, -0.05) is 30.3 Å². The number of hydrogen-bond acceptors (Lipinski definition) is 5. The Morgan fingerprint density at radius 2 is 2.17 bits per heavy atom. The van der Waals surface area contributed by atoms with Crippen LogP contribution in [-0.4, -0.2) is 57.1 Å². The average molecular weight is 316 g/mol. The molecule has 1 aliphatic rings. The van der Waals surface area contributed by atoms with Crippen molar-refractivity contribution in [2.75, 3.05) is 26.2 Å². The van der Waals surface area contributed by atoms with E-state index in [9.17, 15) is 5.11 Å². The topological polar surface area (TPSA) is 63.4 Å².